The molecule has 14 bridgehead atoms. The maximum atomic E-state index is 12.8. The van der Waals surface area contributed by atoms with Gasteiger partial charge in [-0.1, -0.05) is 0 Å². The first-order chi connectivity index (χ1) is 50.9. The normalized spacial score (nSPS) is 43.8. The summed E-state index contributed by atoms with van der Waals surface area (Å²) in [4.78, 5) is 0. The maximum Gasteiger partial charge on any atom is 0.187 e. The Balaban J connectivity index is 1.25. The van der Waals surface area contributed by atoms with Crippen molar-refractivity contribution in [2.75, 3.05) is 139 Å². The Morgan fingerprint density at radius 1 is 0.171 bits per heavy atom. The Morgan fingerprint density at radius 2 is 0.286 bits per heavy atom. The van der Waals surface area contributed by atoms with Crippen LogP contribution in [0.3, 0.4) is 0 Å². The van der Waals surface area contributed by atoms with E-state index in [1.54, 1.807) is 96.9 Å². The highest BCUT2D eigenvalue weighted by Gasteiger charge is 2.61. The lowest BCUT2D eigenvalue weighted by Crippen LogP contribution is -2.69. The summed E-state index contributed by atoms with van der Waals surface area (Å²) in [6.07, 6.45) is -49.4. The molecule has 0 radical (unpaired) electrons. The van der Waals surface area contributed by atoms with Crippen LogP contribution in [0.25, 0.3) is 0 Å². The van der Waals surface area contributed by atoms with Gasteiger partial charge in [0.15, 0.2) is 44.0 Å². The Labute approximate surface area is 617 Å². The smallest absolute Gasteiger partial charge is 0.187 e. The summed E-state index contributed by atoms with van der Waals surface area (Å²) < 4.78 is 181. The average Bonchev–Trinajstić information content (AvgIpc) is 0.786. The van der Waals surface area contributed by atoms with Crippen molar-refractivity contribution in [2.45, 2.75) is 312 Å². The SMILES string of the molecule is CCOC[C@H]1O[C@@H]2O[C@H]3[C@@H](O)[C@@H](OCC)[C@@H](O[C@H]4[C@@H](O)[C@@H](OCC)[C@@H](O[C@H]5[C@@H](O)[C@@H](OCC)[C@@H](O[C@H]6[C@@H](O)[C@@H](OCC)[C@@H](O[C@H]7[C@@H](O)[C@@H](OCC)[C@@H](O[C@H]8[C@@H](O)[C@@H](OCC)[C@@H](O[C@H]1[C@@H](O)[C@H]2OCC)O[C@@H]8COCC)O[C@@H]7COCC)O[C@@H]6COCC)O[C@@H]5COCC)O[C@@H]4COCC)O[C@@H]3COCC. The third-order valence-corrected chi connectivity index (χ3v) is 19.3. The molecule has 7 N–H and O–H groups in total. The van der Waals surface area contributed by atoms with Crippen molar-refractivity contribution in [3.8, 4) is 0 Å². The fourth-order valence-electron chi connectivity index (χ4n) is 14.5. The van der Waals surface area contributed by atoms with Gasteiger partial charge in [-0.25, -0.2) is 0 Å². The van der Waals surface area contributed by atoms with Gasteiger partial charge in [-0.05, 0) is 96.9 Å². The van der Waals surface area contributed by atoms with Crippen LogP contribution in [0.2, 0.25) is 0 Å². The van der Waals surface area contributed by atoms with Crippen LogP contribution in [0.1, 0.15) is 96.9 Å². The molecule has 0 aromatic heterocycles. The van der Waals surface area contributed by atoms with Crippen LogP contribution in [0.15, 0.2) is 0 Å². The Kier molecular flexibility index (Phi) is 38.6. The van der Waals surface area contributed by atoms with Gasteiger partial charge in [-0.3, -0.25) is 0 Å². The summed E-state index contributed by atoms with van der Waals surface area (Å²) in [5, 5.41) is 89.7. The third-order valence-electron chi connectivity index (χ3n) is 19.3. The van der Waals surface area contributed by atoms with Crippen molar-refractivity contribution in [3.05, 3.63) is 0 Å². The monoisotopic (exact) mass is 1530 g/mol. The first-order valence-electron chi connectivity index (χ1n) is 38.2. The quantitative estimate of drug-likeness (QED) is 0.0416. The van der Waals surface area contributed by atoms with Gasteiger partial charge < -0.3 is 168 Å². The molecule has 35 nitrogen and oxygen atoms in total. The maximum absolute atomic E-state index is 12.8. The number of aliphatic hydroxyl groups is 7. The van der Waals surface area contributed by atoms with E-state index < -0.39 is 215 Å². The van der Waals surface area contributed by atoms with Crippen LogP contribution in [-0.4, -0.2) is 389 Å². The second-order valence-corrected chi connectivity index (χ2v) is 26.0. The van der Waals surface area contributed by atoms with E-state index in [1.165, 1.54) is 0 Å². The lowest BCUT2D eigenvalue weighted by Gasteiger charge is -2.51. The van der Waals surface area contributed by atoms with Crippen molar-refractivity contribution in [1.29, 1.82) is 0 Å². The molecule has 0 amide bonds. The predicted molar refractivity (Wildman–Crippen MR) is 360 cm³/mol. The molecule has 616 valence electrons. The number of hydrogen-bond donors (Lipinski definition) is 7. The average molecular weight is 1530 g/mol. The van der Waals surface area contributed by atoms with Gasteiger partial charge in [-0.15, -0.1) is 0 Å². The third kappa shape index (κ3) is 22.3. The Hall–Kier alpha value is -1.40. The second kappa shape index (κ2) is 45.5. The van der Waals surface area contributed by atoms with Crippen LogP contribution in [0.5, 0.6) is 0 Å². The van der Waals surface area contributed by atoms with E-state index in [0.29, 0.717) is 0 Å². The first-order valence-corrected chi connectivity index (χ1v) is 38.2. The second-order valence-electron chi connectivity index (χ2n) is 26.0. The molecule has 21 aliphatic heterocycles. The van der Waals surface area contributed by atoms with Crippen molar-refractivity contribution in [1.82, 2.24) is 0 Å². The number of ether oxygens (including phenoxy) is 28. The van der Waals surface area contributed by atoms with Crippen LogP contribution >= 0.6 is 0 Å². The van der Waals surface area contributed by atoms with E-state index in [4.69, 9.17) is 133 Å². The van der Waals surface area contributed by atoms with E-state index in [2.05, 4.69) is 0 Å². The Bertz CT molecular complexity index is 1890. The molecule has 35 heteroatoms. The molecule has 0 saturated carbocycles. The van der Waals surface area contributed by atoms with E-state index in [1.807, 2.05) is 0 Å². The molecule has 21 fully saturated rings. The fourth-order valence-corrected chi connectivity index (χ4v) is 14.5. The summed E-state index contributed by atoms with van der Waals surface area (Å²) >= 11 is 0. The van der Waals surface area contributed by atoms with Crippen LogP contribution in [0, 0.1) is 0 Å². The first kappa shape index (κ1) is 89.2. The van der Waals surface area contributed by atoms with Crippen molar-refractivity contribution >= 4 is 0 Å². The number of aliphatic hydroxyl groups excluding tert-OH is 7. The van der Waals surface area contributed by atoms with Crippen molar-refractivity contribution < 1.29 is 168 Å². The molecular weight excluding hydrogens is 1400 g/mol. The molecule has 21 heterocycles. The molecule has 21 aliphatic rings. The highest BCUT2D eigenvalue weighted by molar-refractivity contribution is 5.03. The minimum atomic E-state index is -1.62. The van der Waals surface area contributed by atoms with Gasteiger partial charge >= 0.3 is 0 Å². The van der Waals surface area contributed by atoms with Gasteiger partial charge in [-0.2, -0.15) is 0 Å². The molecule has 21 saturated heterocycles. The largest absolute Gasteiger partial charge is 0.387 e. The minimum absolute atomic E-state index is 0.0159. The zero-order chi connectivity index (χ0) is 75.9. The zero-order valence-corrected chi connectivity index (χ0v) is 63.6. The van der Waals surface area contributed by atoms with E-state index >= 15 is 0 Å². The molecule has 0 aromatic carbocycles. The van der Waals surface area contributed by atoms with Crippen molar-refractivity contribution in [3.63, 3.8) is 0 Å². The highest BCUT2D eigenvalue weighted by atomic mass is 16.8. The van der Waals surface area contributed by atoms with Gasteiger partial charge in [0.2, 0.25) is 0 Å². The molecule has 35 atom stereocenters. The summed E-state index contributed by atoms with van der Waals surface area (Å²) in [5.41, 5.74) is 0. The molecule has 21 rings (SSSR count). The Morgan fingerprint density at radius 3 is 0.381 bits per heavy atom. The molecular formula is C70H126O35. The van der Waals surface area contributed by atoms with Gasteiger partial charge in [0.25, 0.3) is 0 Å². The standard InChI is InChI=1S/C70H126O35/c1-15-78-29-36-50-43(71)57(85-22-8)64(92-36)100-51-37(30-79-16-2)94-66(59(44(51)72)87-24-10)102-53-39(32-81-18-4)96-68(61(46(53)74)89-26-12)104-55-41(34-83-20-6)98-70(63(48(55)76)91-28-14)105-56-42(35-84-21-7)97-69(62(49(56)77)90-27-13)103-54-40(33-82-19-5)95-67(60(47(54)75)88-25-11)101-52-38(31-80-17-3)93-65(99-50)58(45(52)73)86-23-9/h36-77H,15-35H2,1-14H3/t36-,37-,38-,39-,40-,41-,42-,43-,44-,45-,46-,47-,48-,49-,50-,51-,52-,53-,54-,55-,56-,57-,58-,59-,60-,61-,62-,63-,64-,65-,66-,67-,68-,69-,70-/m1/s1. The highest BCUT2D eigenvalue weighted by Crippen LogP contribution is 2.42. The molecule has 0 spiro atoms. The molecule has 105 heavy (non-hydrogen) atoms. The van der Waals surface area contributed by atoms with E-state index in [0.717, 1.165) is 0 Å². The van der Waals surface area contributed by atoms with E-state index in [-0.39, 0.29) is 139 Å². The van der Waals surface area contributed by atoms with Crippen LogP contribution < -0.4 is 0 Å². The minimum Gasteiger partial charge on any atom is -0.387 e. The molecule has 0 unspecified atom stereocenters. The van der Waals surface area contributed by atoms with Gasteiger partial charge in [0.1, 0.15) is 171 Å². The predicted octanol–water partition coefficient (Wildman–Crippen LogP) is -0.612. The topological polar surface area (TPSA) is 400 Å². The fraction of sp³-hybridized carbons (Fsp3) is 1.00. The number of hydrogen-bond acceptors (Lipinski definition) is 35. The van der Waals surface area contributed by atoms with Gasteiger partial charge in [0, 0.05) is 92.5 Å². The number of rotatable bonds is 35. The summed E-state index contributed by atoms with van der Waals surface area (Å²) in [6, 6.07) is 0. The van der Waals surface area contributed by atoms with Gasteiger partial charge in [0.05, 0.1) is 46.2 Å². The molecule has 0 aromatic rings. The molecule has 0 aliphatic carbocycles. The van der Waals surface area contributed by atoms with Crippen LogP contribution in [0.4, 0.5) is 0 Å². The lowest BCUT2D eigenvalue weighted by molar-refractivity contribution is -0.402. The van der Waals surface area contributed by atoms with E-state index in [9.17, 15) is 35.7 Å². The van der Waals surface area contributed by atoms with Crippen LogP contribution in [-0.2, 0) is 133 Å². The van der Waals surface area contributed by atoms with Crippen molar-refractivity contribution in [2.24, 2.45) is 0 Å². The summed E-state index contributed by atoms with van der Waals surface area (Å²) in [5.74, 6) is 0. The summed E-state index contributed by atoms with van der Waals surface area (Å²) in [6.45, 7) is 24.5. The lowest BCUT2D eigenvalue weighted by atomic mass is 9.94. The zero-order valence-electron chi connectivity index (χ0n) is 63.6. The summed E-state index contributed by atoms with van der Waals surface area (Å²) in [7, 11) is 0.